The van der Waals surface area contributed by atoms with Crippen LogP contribution in [-0.2, 0) is 4.79 Å². The summed E-state index contributed by atoms with van der Waals surface area (Å²) in [7, 11) is 0. The number of carbonyl (C=O) groups excluding carboxylic acids is 1. The molecule has 0 spiro atoms. The first-order valence-electron chi connectivity index (χ1n) is 6.41. The van der Waals surface area contributed by atoms with Gasteiger partial charge >= 0.3 is 0 Å². The number of thioether (sulfide) groups is 1. The molecule has 0 radical (unpaired) electrons. The van der Waals surface area contributed by atoms with E-state index in [9.17, 15) is 9.90 Å². The summed E-state index contributed by atoms with van der Waals surface area (Å²) in [5.41, 5.74) is -0.851. The molecule has 19 heavy (non-hydrogen) atoms. The van der Waals surface area contributed by atoms with E-state index in [1.54, 1.807) is 11.6 Å². The van der Waals surface area contributed by atoms with Crippen LogP contribution >= 0.6 is 11.8 Å². The van der Waals surface area contributed by atoms with Crippen molar-refractivity contribution < 1.29 is 9.90 Å². The largest absolute Gasteiger partial charge is 0.388 e. The van der Waals surface area contributed by atoms with E-state index in [-0.39, 0.29) is 18.2 Å². The van der Waals surface area contributed by atoms with Gasteiger partial charge in [-0.2, -0.15) is 0 Å². The number of aromatic nitrogens is 4. The standard InChI is InChI=1S/C11H19N5O2S/c1-3-11(2,18)7-12-9(17)6-19-10-13-14-15-16(10)8-4-5-8/h8,18H,3-7H2,1-2H3,(H,12,17). The number of nitrogens with zero attached hydrogens (tertiary/aromatic N) is 4. The number of hydrogen-bond acceptors (Lipinski definition) is 6. The van der Waals surface area contributed by atoms with Crippen molar-refractivity contribution >= 4 is 17.7 Å². The van der Waals surface area contributed by atoms with Gasteiger partial charge in [-0.25, -0.2) is 4.68 Å². The molecule has 1 saturated carbocycles. The fourth-order valence-electron chi connectivity index (χ4n) is 1.42. The quantitative estimate of drug-likeness (QED) is 0.703. The van der Waals surface area contributed by atoms with Crippen molar-refractivity contribution in [3.05, 3.63) is 0 Å². The zero-order valence-electron chi connectivity index (χ0n) is 11.2. The number of hydrogen-bond donors (Lipinski definition) is 2. The fraction of sp³-hybridized carbons (Fsp3) is 0.818. The topological polar surface area (TPSA) is 92.9 Å². The molecule has 0 bridgehead atoms. The molecule has 0 saturated heterocycles. The average Bonchev–Trinajstić information content (AvgIpc) is 3.13. The van der Waals surface area contributed by atoms with Crippen molar-refractivity contribution in [2.45, 2.75) is 49.9 Å². The Hall–Kier alpha value is -1.15. The molecule has 0 aliphatic heterocycles. The predicted octanol–water partition coefficient (Wildman–Crippen LogP) is 0.377. The number of carbonyl (C=O) groups is 1. The Kier molecular flexibility index (Phi) is 4.41. The molecule has 8 heteroatoms. The van der Waals surface area contributed by atoms with Gasteiger partial charge in [0.2, 0.25) is 11.1 Å². The normalized spacial score (nSPS) is 18.1. The van der Waals surface area contributed by atoms with Crippen molar-refractivity contribution in [1.29, 1.82) is 0 Å². The lowest BCUT2D eigenvalue weighted by atomic mass is 10.0. The molecule has 1 amide bonds. The molecule has 2 N–H and O–H groups in total. The summed E-state index contributed by atoms with van der Waals surface area (Å²) in [5.74, 6) is 0.136. The highest BCUT2D eigenvalue weighted by molar-refractivity contribution is 7.99. The van der Waals surface area contributed by atoms with Crippen LogP contribution in [0, 0.1) is 0 Å². The monoisotopic (exact) mass is 285 g/mol. The first kappa shape index (κ1) is 14.3. The van der Waals surface area contributed by atoms with Crippen LogP contribution in [0.15, 0.2) is 5.16 Å². The smallest absolute Gasteiger partial charge is 0.230 e. The zero-order chi connectivity index (χ0) is 13.9. The lowest BCUT2D eigenvalue weighted by Gasteiger charge is -2.21. The highest BCUT2D eigenvalue weighted by Crippen LogP contribution is 2.36. The van der Waals surface area contributed by atoms with E-state index < -0.39 is 5.60 Å². The molecular weight excluding hydrogens is 266 g/mol. The van der Waals surface area contributed by atoms with Crippen molar-refractivity contribution in [3.63, 3.8) is 0 Å². The first-order valence-corrected chi connectivity index (χ1v) is 7.40. The third kappa shape index (κ3) is 4.17. The number of aliphatic hydroxyl groups is 1. The Labute approximate surface area is 116 Å². The van der Waals surface area contributed by atoms with Crippen molar-refractivity contribution in [2.24, 2.45) is 0 Å². The summed E-state index contributed by atoms with van der Waals surface area (Å²) in [6.45, 7) is 3.84. The molecule has 1 aliphatic rings. The van der Waals surface area contributed by atoms with Crippen LogP contribution in [0.3, 0.4) is 0 Å². The van der Waals surface area contributed by atoms with Gasteiger partial charge in [0.05, 0.1) is 17.4 Å². The van der Waals surface area contributed by atoms with Gasteiger partial charge in [-0.1, -0.05) is 18.7 Å². The average molecular weight is 285 g/mol. The van der Waals surface area contributed by atoms with Gasteiger partial charge in [-0.3, -0.25) is 4.79 Å². The number of rotatable bonds is 7. The van der Waals surface area contributed by atoms with Gasteiger partial charge in [-0.05, 0) is 36.6 Å². The van der Waals surface area contributed by atoms with E-state index in [4.69, 9.17) is 0 Å². The zero-order valence-corrected chi connectivity index (χ0v) is 12.0. The number of amides is 1. The Morgan fingerprint density at radius 3 is 3.00 bits per heavy atom. The minimum Gasteiger partial charge on any atom is -0.388 e. The minimum atomic E-state index is -0.851. The molecule has 1 aliphatic carbocycles. The van der Waals surface area contributed by atoms with E-state index in [0.717, 1.165) is 12.8 Å². The summed E-state index contributed by atoms with van der Waals surface area (Å²) in [6, 6.07) is 0.404. The molecule has 2 rings (SSSR count). The molecule has 0 aromatic carbocycles. The van der Waals surface area contributed by atoms with E-state index in [1.807, 2.05) is 6.92 Å². The van der Waals surface area contributed by atoms with Crippen molar-refractivity contribution in [2.75, 3.05) is 12.3 Å². The second kappa shape index (κ2) is 5.87. The van der Waals surface area contributed by atoms with E-state index >= 15 is 0 Å². The van der Waals surface area contributed by atoms with Gasteiger partial charge in [0.25, 0.3) is 0 Å². The van der Waals surface area contributed by atoms with Crippen LogP contribution < -0.4 is 5.32 Å². The van der Waals surface area contributed by atoms with E-state index in [1.165, 1.54) is 11.8 Å². The van der Waals surface area contributed by atoms with Crippen LogP contribution in [0.2, 0.25) is 0 Å². The lowest BCUT2D eigenvalue weighted by molar-refractivity contribution is -0.119. The number of nitrogens with one attached hydrogen (secondary N) is 1. The molecule has 106 valence electrons. The van der Waals surface area contributed by atoms with Crippen LogP contribution in [0.25, 0.3) is 0 Å². The van der Waals surface area contributed by atoms with Crippen LogP contribution in [0.4, 0.5) is 0 Å². The minimum absolute atomic E-state index is 0.121. The first-order chi connectivity index (χ1) is 9.02. The van der Waals surface area contributed by atoms with E-state index in [0.29, 0.717) is 17.6 Å². The van der Waals surface area contributed by atoms with Gasteiger partial charge in [0, 0.05) is 6.54 Å². The summed E-state index contributed by atoms with van der Waals surface area (Å²) in [6.07, 6.45) is 2.80. The second-order valence-electron chi connectivity index (χ2n) is 5.05. The summed E-state index contributed by atoms with van der Waals surface area (Å²) in [4.78, 5) is 11.7. The van der Waals surface area contributed by atoms with Gasteiger partial charge in [0.15, 0.2) is 0 Å². The Bertz CT molecular complexity index is 444. The summed E-state index contributed by atoms with van der Waals surface area (Å²) >= 11 is 1.32. The lowest BCUT2D eigenvalue weighted by Crippen LogP contribution is -2.40. The molecule has 1 fully saturated rings. The molecule has 1 aromatic rings. The van der Waals surface area contributed by atoms with Gasteiger partial charge in [0.1, 0.15) is 0 Å². The maximum absolute atomic E-state index is 11.7. The molecule has 1 aromatic heterocycles. The van der Waals surface area contributed by atoms with Crippen LogP contribution in [0.5, 0.6) is 0 Å². The molecule has 7 nitrogen and oxygen atoms in total. The summed E-state index contributed by atoms with van der Waals surface area (Å²) < 4.78 is 1.78. The highest BCUT2D eigenvalue weighted by Gasteiger charge is 2.28. The molecule has 1 unspecified atom stereocenters. The molecular formula is C11H19N5O2S. The Morgan fingerprint density at radius 2 is 2.37 bits per heavy atom. The van der Waals surface area contributed by atoms with Gasteiger partial charge < -0.3 is 10.4 Å². The third-order valence-electron chi connectivity index (χ3n) is 3.12. The van der Waals surface area contributed by atoms with Crippen LogP contribution in [-0.4, -0.2) is 49.1 Å². The number of tetrazole rings is 1. The fourth-order valence-corrected chi connectivity index (χ4v) is 2.20. The second-order valence-corrected chi connectivity index (χ2v) is 6.00. The molecule has 1 heterocycles. The van der Waals surface area contributed by atoms with Gasteiger partial charge in [-0.15, -0.1) is 5.10 Å². The SMILES string of the molecule is CCC(C)(O)CNC(=O)CSc1nnnn1C1CC1. The Morgan fingerprint density at radius 1 is 1.63 bits per heavy atom. The molecule has 1 atom stereocenters. The van der Waals surface area contributed by atoms with Crippen molar-refractivity contribution in [3.8, 4) is 0 Å². The maximum atomic E-state index is 11.7. The van der Waals surface area contributed by atoms with E-state index in [2.05, 4.69) is 20.8 Å². The maximum Gasteiger partial charge on any atom is 0.230 e. The third-order valence-corrected chi connectivity index (χ3v) is 4.05. The van der Waals surface area contributed by atoms with Crippen molar-refractivity contribution in [1.82, 2.24) is 25.5 Å². The Balaban J connectivity index is 1.75. The van der Waals surface area contributed by atoms with Crippen LogP contribution in [0.1, 0.15) is 39.2 Å². The summed E-state index contributed by atoms with van der Waals surface area (Å²) in [5, 5.41) is 24.6. The highest BCUT2D eigenvalue weighted by atomic mass is 32.2. The predicted molar refractivity (Wildman–Crippen MR) is 70.7 cm³/mol.